The van der Waals surface area contributed by atoms with Crippen molar-refractivity contribution in [1.29, 1.82) is 0 Å². The lowest BCUT2D eigenvalue weighted by molar-refractivity contribution is -0.742. The molecular weight excluding hydrogens is 449 g/mol. The molecule has 0 saturated carbocycles. The van der Waals surface area contributed by atoms with Crippen molar-refractivity contribution >= 4 is 44.6 Å². The molecule has 1 unspecified atom stereocenters. The number of ether oxygens (including phenoxy) is 1. The van der Waals surface area contributed by atoms with Gasteiger partial charge in [-0.2, -0.15) is 0 Å². The molecule has 2 heterocycles. The SMILES string of the molecule is Clc1ccc(C(Cn2ccnc2)OCc2csc3ccccc23)c(Cl)c1.O=[N+]([O-])O. The summed E-state index contributed by atoms with van der Waals surface area (Å²) >= 11 is 14.2. The van der Waals surface area contributed by atoms with Gasteiger partial charge in [-0.15, -0.1) is 21.5 Å². The molecule has 0 saturated heterocycles. The zero-order valence-electron chi connectivity index (χ0n) is 15.5. The summed E-state index contributed by atoms with van der Waals surface area (Å²) in [5.41, 5.74) is 2.11. The minimum absolute atomic E-state index is 0.201. The molecule has 0 aliphatic carbocycles. The van der Waals surface area contributed by atoms with E-state index < -0.39 is 5.09 Å². The van der Waals surface area contributed by atoms with E-state index in [1.165, 1.54) is 15.6 Å². The Balaban J connectivity index is 0.000000589. The second-order valence-corrected chi connectivity index (χ2v) is 7.97. The maximum atomic E-state index is 8.36. The summed E-state index contributed by atoms with van der Waals surface area (Å²) in [6.45, 7) is 1.14. The average Bonchev–Trinajstić information content (AvgIpc) is 3.35. The van der Waals surface area contributed by atoms with Crippen molar-refractivity contribution in [2.45, 2.75) is 19.3 Å². The van der Waals surface area contributed by atoms with Crippen LogP contribution in [0.4, 0.5) is 0 Å². The minimum atomic E-state index is -1.50. The third-order valence-corrected chi connectivity index (χ3v) is 5.82. The number of hydrogen-bond donors (Lipinski definition) is 1. The highest BCUT2D eigenvalue weighted by Crippen LogP contribution is 2.32. The molecule has 0 radical (unpaired) electrons. The highest BCUT2D eigenvalue weighted by molar-refractivity contribution is 7.17. The molecular formula is C20H17Cl2N3O4S. The van der Waals surface area contributed by atoms with Gasteiger partial charge in [0, 0.05) is 32.7 Å². The third kappa shape index (κ3) is 5.93. The highest BCUT2D eigenvalue weighted by Gasteiger charge is 2.18. The molecule has 30 heavy (non-hydrogen) atoms. The average molecular weight is 466 g/mol. The van der Waals surface area contributed by atoms with Crippen molar-refractivity contribution in [3.8, 4) is 0 Å². The number of imidazole rings is 1. The number of rotatable bonds is 6. The summed E-state index contributed by atoms with van der Waals surface area (Å²) < 4.78 is 9.56. The van der Waals surface area contributed by atoms with E-state index in [1.54, 1.807) is 29.9 Å². The van der Waals surface area contributed by atoms with Gasteiger partial charge in [-0.05, 0) is 34.5 Å². The van der Waals surface area contributed by atoms with Crippen LogP contribution in [-0.2, 0) is 17.9 Å². The highest BCUT2D eigenvalue weighted by atomic mass is 35.5. The quantitative estimate of drug-likeness (QED) is 0.277. The fraction of sp³-hybridized carbons (Fsp3) is 0.150. The summed E-state index contributed by atoms with van der Waals surface area (Å²) in [4.78, 5) is 12.5. The van der Waals surface area contributed by atoms with E-state index in [1.807, 2.05) is 22.9 Å². The van der Waals surface area contributed by atoms with Gasteiger partial charge in [0.25, 0.3) is 5.09 Å². The van der Waals surface area contributed by atoms with Crippen molar-refractivity contribution in [3.63, 3.8) is 0 Å². The molecule has 2 aromatic carbocycles. The van der Waals surface area contributed by atoms with E-state index >= 15 is 0 Å². The second-order valence-electron chi connectivity index (χ2n) is 6.22. The predicted octanol–water partition coefficient (Wildman–Crippen LogP) is 6.02. The molecule has 0 amide bonds. The Morgan fingerprint density at radius 3 is 2.73 bits per heavy atom. The maximum Gasteiger partial charge on any atom is 0.291 e. The molecule has 0 aliphatic rings. The second kappa shape index (κ2) is 10.4. The monoisotopic (exact) mass is 465 g/mol. The Labute approximate surface area is 186 Å². The summed E-state index contributed by atoms with van der Waals surface area (Å²) in [6, 6.07) is 13.9. The van der Waals surface area contributed by atoms with Crippen LogP contribution in [0.15, 0.2) is 66.6 Å². The number of nitrogens with zero attached hydrogens (tertiary/aromatic N) is 3. The summed E-state index contributed by atoms with van der Waals surface area (Å²) in [7, 11) is 0. The summed E-state index contributed by atoms with van der Waals surface area (Å²) in [5.74, 6) is 0. The van der Waals surface area contributed by atoms with Crippen LogP contribution in [0.5, 0.6) is 0 Å². The molecule has 4 aromatic rings. The molecule has 2 aromatic heterocycles. The molecule has 0 spiro atoms. The lowest BCUT2D eigenvalue weighted by atomic mass is 10.1. The zero-order valence-corrected chi connectivity index (χ0v) is 17.8. The van der Waals surface area contributed by atoms with Crippen LogP contribution in [0.1, 0.15) is 17.2 Å². The lowest BCUT2D eigenvalue weighted by Gasteiger charge is -2.20. The molecule has 4 rings (SSSR count). The molecule has 0 bridgehead atoms. The van der Waals surface area contributed by atoms with Gasteiger partial charge >= 0.3 is 0 Å². The number of halogens is 2. The van der Waals surface area contributed by atoms with Gasteiger partial charge in [-0.25, -0.2) is 4.98 Å². The predicted molar refractivity (Wildman–Crippen MR) is 117 cm³/mol. The van der Waals surface area contributed by atoms with Crippen LogP contribution < -0.4 is 0 Å². The first-order valence-electron chi connectivity index (χ1n) is 8.74. The summed E-state index contributed by atoms with van der Waals surface area (Å²) in [5, 5.41) is 18.3. The van der Waals surface area contributed by atoms with E-state index in [9.17, 15) is 0 Å². The van der Waals surface area contributed by atoms with E-state index in [4.69, 9.17) is 43.3 Å². The standard InChI is InChI=1S/C20H16Cl2N2OS.HNO3/c21-15-5-6-17(18(22)9-15)19(10-24-8-7-23-13-24)25-11-14-12-26-20-4-2-1-3-16(14)20;2-1(3)4/h1-9,12-13,19H,10-11H2;(H,2,3,4). The molecule has 7 nitrogen and oxygen atoms in total. The molecule has 0 aliphatic heterocycles. The molecule has 1 N–H and O–H groups in total. The Morgan fingerprint density at radius 1 is 1.27 bits per heavy atom. The van der Waals surface area contributed by atoms with Crippen LogP contribution in [0.3, 0.4) is 0 Å². The van der Waals surface area contributed by atoms with Crippen LogP contribution in [0.2, 0.25) is 10.0 Å². The summed E-state index contributed by atoms with van der Waals surface area (Å²) in [6.07, 6.45) is 5.25. The van der Waals surface area contributed by atoms with Crippen LogP contribution in [-0.4, -0.2) is 19.8 Å². The van der Waals surface area contributed by atoms with Gasteiger partial charge in [-0.1, -0.05) is 47.5 Å². The topological polar surface area (TPSA) is 90.4 Å². The number of benzene rings is 2. The Kier molecular flexibility index (Phi) is 7.64. The van der Waals surface area contributed by atoms with Crippen LogP contribution in [0.25, 0.3) is 10.1 Å². The number of aromatic nitrogens is 2. The Morgan fingerprint density at radius 2 is 2.03 bits per heavy atom. The van der Waals surface area contributed by atoms with Gasteiger partial charge in [0.1, 0.15) is 6.10 Å². The molecule has 10 heteroatoms. The lowest BCUT2D eigenvalue weighted by Crippen LogP contribution is -2.12. The van der Waals surface area contributed by atoms with E-state index in [0.717, 1.165) is 5.56 Å². The first-order chi connectivity index (χ1) is 14.4. The van der Waals surface area contributed by atoms with Crippen molar-refractivity contribution in [3.05, 3.63) is 97.9 Å². The van der Waals surface area contributed by atoms with Gasteiger partial charge in [0.05, 0.1) is 19.5 Å². The molecule has 0 fully saturated rings. The minimum Gasteiger partial charge on any atom is -0.367 e. The Hall–Kier alpha value is -2.65. The van der Waals surface area contributed by atoms with Crippen molar-refractivity contribution in [2.24, 2.45) is 0 Å². The number of fused-ring (bicyclic) bond motifs is 1. The van der Waals surface area contributed by atoms with Crippen molar-refractivity contribution in [2.75, 3.05) is 0 Å². The van der Waals surface area contributed by atoms with E-state index in [2.05, 4.69) is 34.6 Å². The number of thiophene rings is 1. The number of hydrogen-bond acceptors (Lipinski definition) is 5. The van der Waals surface area contributed by atoms with Gasteiger partial charge in [-0.3, -0.25) is 0 Å². The molecule has 156 valence electrons. The van der Waals surface area contributed by atoms with Crippen molar-refractivity contribution in [1.82, 2.24) is 9.55 Å². The first kappa shape index (κ1) is 22.0. The van der Waals surface area contributed by atoms with E-state index in [0.29, 0.717) is 23.2 Å². The Bertz CT molecular complexity index is 1110. The molecule has 1 atom stereocenters. The van der Waals surface area contributed by atoms with Gasteiger partial charge < -0.3 is 14.5 Å². The van der Waals surface area contributed by atoms with Gasteiger partial charge in [0.15, 0.2) is 0 Å². The normalized spacial score (nSPS) is 11.7. The zero-order chi connectivity index (χ0) is 21.5. The van der Waals surface area contributed by atoms with Gasteiger partial charge in [0.2, 0.25) is 0 Å². The first-order valence-corrected chi connectivity index (χ1v) is 10.4. The largest absolute Gasteiger partial charge is 0.367 e. The fourth-order valence-corrected chi connectivity index (χ4v) is 4.40. The van der Waals surface area contributed by atoms with E-state index in [-0.39, 0.29) is 6.10 Å². The van der Waals surface area contributed by atoms with Crippen LogP contribution >= 0.6 is 34.5 Å². The van der Waals surface area contributed by atoms with Crippen molar-refractivity contribution < 1.29 is 15.0 Å². The third-order valence-electron chi connectivity index (χ3n) is 4.25. The smallest absolute Gasteiger partial charge is 0.291 e. The van der Waals surface area contributed by atoms with Crippen LogP contribution in [0, 0.1) is 10.1 Å². The fourth-order valence-electron chi connectivity index (χ4n) is 2.92. The maximum absolute atomic E-state index is 8.36.